The monoisotopic (exact) mass is 628 g/mol. The fourth-order valence-electron chi connectivity index (χ4n) is 6.37. The molecular weight excluding hydrogens is 589 g/mol. The number of nitrogens with zero attached hydrogens (tertiary/aromatic N) is 2. The lowest BCUT2D eigenvalue weighted by atomic mass is 9.86. The van der Waals surface area contributed by atoms with Crippen LogP contribution >= 0.6 is 11.8 Å². The lowest BCUT2D eigenvalue weighted by molar-refractivity contribution is -0.155. The van der Waals surface area contributed by atoms with Crippen LogP contribution in [-0.2, 0) is 35.2 Å². The van der Waals surface area contributed by atoms with Gasteiger partial charge in [-0.05, 0) is 53.6 Å². The maximum absolute atomic E-state index is 14.0. The van der Waals surface area contributed by atoms with Crippen LogP contribution < -0.4 is 4.31 Å². The van der Waals surface area contributed by atoms with Crippen molar-refractivity contribution in [2.45, 2.75) is 69.4 Å². The van der Waals surface area contributed by atoms with E-state index in [4.69, 9.17) is 9.16 Å². The molecule has 1 fully saturated rings. The normalized spacial score (nSPS) is 20.9. The Labute approximate surface area is 254 Å². The number of amides is 1. The zero-order chi connectivity index (χ0) is 30.4. The molecule has 1 saturated heterocycles. The average molecular weight is 629 g/mol. The SMILES string of the molecule is C=CCOC(=O)C1=C(CN2c3cccc4c(CCO[Si](CC)(CC)CC)ccc(c34)S2(=O)=O)SC2C(C(C)C)C(=O)N12. The van der Waals surface area contributed by atoms with Crippen molar-refractivity contribution in [1.29, 1.82) is 0 Å². The van der Waals surface area contributed by atoms with E-state index < -0.39 is 24.3 Å². The Morgan fingerprint density at radius 3 is 2.50 bits per heavy atom. The van der Waals surface area contributed by atoms with E-state index in [-0.39, 0.29) is 46.9 Å². The Morgan fingerprint density at radius 2 is 1.86 bits per heavy atom. The number of esters is 1. The van der Waals surface area contributed by atoms with Gasteiger partial charge in [0.05, 0.1) is 28.4 Å². The van der Waals surface area contributed by atoms with Gasteiger partial charge in [0.25, 0.3) is 10.0 Å². The minimum absolute atomic E-state index is 0.00177. The molecule has 0 aliphatic carbocycles. The number of hydrogen-bond donors (Lipinski definition) is 0. The third-order valence-electron chi connectivity index (χ3n) is 9.00. The molecule has 0 aromatic heterocycles. The molecule has 42 heavy (non-hydrogen) atoms. The topological polar surface area (TPSA) is 93.2 Å². The van der Waals surface area contributed by atoms with Gasteiger partial charge in [-0.15, -0.1) is 0 Å². The number of fused-ring (bicyclic) bond motifs is 1. The summed E-state index contributed by atoms with van der Waals surface area (Å²) in [5, 5.41) is 1.34. The molecule has 3 aliphatic heterocycles. The highest BCUT2D eigenvalue weighted by Crippen LogP contribution is 2.53. The van der Waals surface area contributed by atoms with E-state index in [0.29, 0.717) is 29.0 Å². The number of sulfonamides is 1. The molecule has 2 atom stereocenters. The largest absolute Gasteiger partial charge is 0.457 e. The van der Waals surface area contributed by atoms with Crippen LogP contribution in [0, 0.1) is 11.8 Å². The zero-order valence-corrected chi connectivity index (χ0v) is 27.6. The fraction of sp³-hybridized carbons (Fsp3) is 0.484. The lowest BCUT2D eigenvalue weighted by Gasteiger charge is -2.44. The third kappa shape index (κ3) is 4.91. The second kappa shape index (κ2) is 11.8. The van der Waals surface area contributed by atoms with Crippen LogP contribution in [0.2, 0.25) is 18.1 Å². The van der Waals surface area contributed by atoms with Gasteiger partial charge in [-0.3, -0.25) is 14.0 Å². The zero-order valence-electron chi connectivity index (χ0n) is 25.0. The molecule has 2 aromatic carbocycles. The first kappa shape index (κ1) is 30.8. The molecular formula is C31H40N2O6S2Si. The summed E-state index contributed by atoms with van der Waals surface area (Å²) in [6.45, 7) is 14.7. The average Bonchev–Trinajstić information content (AvgIpc) is 3.40. The summed E-state index contributed by atoms with van der Waals surface area (Å²) in [7, 11) is -5.63. The van der Waals surface area contributed by atoms with Crippen LogP contribution in [0.4, 0.5) is 5.69 Å². The first-order chi connectivity index (χ1) is 20.0. The summed E-state index contributed by atoms with van der Waals surface area (Å²) in [6.07, 6.45) is 2.16. The van der Waals surface area contributed by atoms with Crippen molar-refractivity contribution in [2.24, 2.45) is 11.8 Å². The van der Waals surface area contributed by atoms with Crippen molar-refractivity contribution >= 4 is 58.4 Å². The van der Waals surface area contributed by atoms with Crippen molar-refractivity contribution in [3.8, 4) is 0 Å². The highest BCUT2D eigenvalue weighted by Gasteiger charge is 2.57. The number of hydrogen-bond acceptors (Lipinski definition) is 7. The molecule has 3 heterocycles. The first-order valence-corrected chi connectivity index (χ1v) is 19.6. The second-order valence-electron chi connectivity index (χ2n) is 11.4. The maximum atomic E-state index is 14.0. The van der Waals surface area contributed by atoms with E-state index in [2.05, 4.69) is 27.4 Å². The molecule has 3 aliphatic rings. The Hall–Kier alpha value is -2.60. The van der Waals surface area contributed by atoms with Crippen molar-refractivity contribution < 1.29 is 27.2 Å². The molecule has 8 nitrogen and oxygen atoms in total. The van der Waals surface area contributed by atoms with Gasteiger partial charge in [0, 0.05) is 16.9 Å². The number of ether oxygens (including phenoxy) is 1. The van der Waals surface area contributed by atoms with E-state index in [1.54, 1.807) is 6.07 Å². The van der Waals surface area contributed by atoms with E-state index in [9.17, 15) is 18.0 Å². The molecule has 2 unspecified atom stereocenters. The summed E-state index contributed by atoms with van der Waals surface area (Å²) in [4.78, 5) is 28.5. The minimum Gasteiger partial charge on any atom is -0.457 e. The van der Waals surface area contributed by atoms with Crippen molar-refractivity contribution in [1.82, 2.24) is 4.90 Å². The van der Waals surface area contributed by atoms with Gasteiger partial charge in [-0.2, -0.15) is 0 Å². The number of carbonyl (C=O) groups excluding carboxylic acids is 2. The number of thioether (sulfide) groups is 1. The van der Waals surface area contributed by atoms with Crippen LogP contribution in [0.25, 0.3) is 10.8 Å². The lowest BCUT2D eigenvalue weighted by Crippen LogP contribution is -2.59. The highest BCUT2D eigenvalue weighted by atomic mass is 32.2. The fourth-order valence-corrected chi connectivity index (χ4v) is 12.4. The van der Waals surface area contributed by atoms with Crippen LogP contribution in [0.15, 0.2) is 58.5 Å². The number of β-lactam (4-membered cyclic amide) rings is 1. The van der Waals surface area contributed by atoms with Gasteiger partial charge in [-0.1, -0.05) is 77.2 Å². The van der Waals surface area contributed by atoms with E-state index in [1.165, 1.54) is 27.0 Å². The van der Waals surface area contributed by atoms with Crippen molar-refractivity contribution in [3.63, 3.8) is 0 Å². The molecule has 0 spiro atoms. The van der Waals surface area contributed by atoms with E-state index in [0.717, 1.165) is 29.1 Å². The Kier molecular flexibility index (Phi) is 8.68. The Morgan fingerprint density at radius 1 is 1.14 bits per heavy atom. The molecule has 11 heteroatoms. The highest BCUT2D eigenvalue weighted by molar-refractivity contribution is 8.04. The van der Waals surface area contributed by atoms with Crippen LogP contribution in [-0.4, -0.2) is 58.6 Å². The summed E-state index contributed by atoms with van der Waals surface area (Å²) in [5.41, 5.74) is 1.77. The summed E-state index contributed by atoms with van der Waals surface area (Å²) >= 11 is 1.39. The molecule has 5 rings (SSSR count). The number of carbonyl (C=O) groups is 2. The van der Waals surface area contributed by atoms with E-state index in [1.807, 2.05) is 38.1 Å². The third-order valence-corrected chi connectivity index (χ3v) is 16.8. The molecule has 0 radical (unpaired) electrons. The molecule has 1 amide bonds. The molecule has 0 saturated carbocycles. The predicted octanol–water partition coefficient (Wildman–Crippen LogP) is 6.04. The van der Waals surface area contributed by atoms with Crippen molar-refractivity contribution in [2.75, 3.05) is 24.1 Å². The summed E-state index contributed by atoms with van der Waals surface area (Å²) < 4.78 is 41.1. The molecule has 0 N–H and O–H groups in total. The second-order valence-corrected chi connectivity index (χ2v) is 19.2. The van der Waals surface area contributed by atoms with Crippen LogP contribution in [0.5, 0.6) is 0 Å². The standard InChI is InChI=1S/C31H40N2O6S2Si/c1-7-17-38-31(35)28-24(40-30-26(20(5)6)29(34)33(28)30)19-32-23-13-11-12-22-21(14-15-25(27(22)23)41(32,36)37)16-18-39-42(8-2,9-3)10-4/h7,11-15,20,26,30H,1,8-10,16-19H2,2-6H3. The van der Waals surface area contributed by atoms with Crippen LogP contribution in [0.3, 0.4) is 0 Å². The first-order valence-electron chi connectivity index (χ1n) is 14.8. The number of benzene rings is 2. The quantitative estimate of drug-likeness (QED) is 0.116. The Bertz CT molecular complexity index is 1560. The molecule has 226 valence electrons. The molecule has 2 aromatic rings. The van der Waals surface area contributed by atoms with Crippen LogP contribution in [0.1, 0.15) is 40.2 Å². The van der Waals surface area contributed by atoms with Gasteiger partial charge in [0.15, 0.2) is 8.32 Å². The maximum Gasteiger partial charge on any atom is 0.356 e. The van der Waals surface area contributed by atoms with E-state index >= 15 is 0 Å². The van der Waals surface area contributed by atoms with Gasteiger partial charge in [-0.25, -0.2) is 13.2 Å². The number of anilines is 1. The van der Waals surface area contributed by atoms with Gasteiger partial charge in [0.2, 0.25) is 5.91 Å². The summed E-state index contributed by atoms with van der Waals surface area (Å²) in [5.74, 6) is -0.932. The smallest absolute Gasteiger partial charge is 0.356 e. The van der Waals surface area contributed by atoms with Gasteiger partial charge < -0.3 is 9.16 Å². The Balaban J connectivity index is 1.48. The minimum atomic E-state index is -3.89. The molecule has 0 bridgehead atoms. The predicted molar refractivity (Wildman–Crippen MR) is 170 cm³/mol. The van der Waals surface area contributed by atoms with Gasteiger partial charge in [0.1, 0.15) is 12.3 Å². The van der Waals surface area contributed by atoms with Gasteiger partial charge >= 0.3 is 5.97 Å². The number of rotatable bonds is 13. The van der Waals surface area contributed by atoms with Crippen molar-refractivity contribution in [3.05, 3.63) is 59.2 Å². The summed E-state index contributed by atoms with van der Waals surface area (Å²) in [6, 6.07) is 12.5.